The van der Waals surface area contributed by atoms with E-state index in [-0.39, 0.29) is 11.5 Å². The van der Waals surface area contributed by atoms with Crippen molar-refractivity contribution in [2.75, 3.05) is 5.75 Å². The third-order valence-corrected chi connectivity index (χ3v) is 5.61. The van der Waals surface area contributed by atoms with Crippen LogP contribution in [-0.4, -0.2) is 20.7 Å². The average molecular weight is 313 g/mol. The number of fused-ring (bicyclic) bond motifs is 1. The van der Waals surface area contributed by atoms with E-state index >= 15 is 0 Å². The minimum atomic E-state index is -0.0719. The van der Waals surface area contributed by atoms with Crippen LogP contribution in [0.1, 0.15) is 17.4 Å². The van der Waals surface area contributed by atoms with Crippen molar-refractivity contribution in [3.63, 3.8) is 0 Å². The Balaban J connectivity index is 2.31. The van der Waals surface area contributed by atoms with Crippen LogP contribution in [0, 0.1) is 19.8 Å². The molecule has 0 aromatic carbocycles. The maximum Gasteiger partial charge on any atom is 0.260 e. The fourth-order valence-corrected chi connectivity index (χ4v) is 3.77. The van der Waals surface area contributed by atoms with Gasteiger partial charge in [-0.15, -0.1) is 11.3 Å². The molecule has 0 fully saturated rings. The molecule has 1 atom stereocenters. The molecule has 4 nitrogen and oxygen atoms in total. The summed E-state index contributed by atoms with van der Waals surface area (Å²) >= 11 is 7.96. The Kier molecular flexibility index (Phi) is 4.27. The number of aromatic nitrogens is 2. The number of nitrogens with zero attached hydrogens (tertiary/aromatic N) is 1. The molecule has 0 spiro atoms. The maximum atomic E-state index is 12.1. The molecule has 0 amide bonds. The lowest BCUT2D eigenvalue weighted by Crippen LogP contribution is -2.20. The van der Waals surface area contributed by atoms with Crippen LogP contribution >= 0.6 is 35.3 Å². The van der Waals surface area contributed by atoms with E-state index in [1.807, 2.05) is 20.8 Å². The van der Waals surface area contributed by atoms with Crippen LogP contribution in [-0.2, 0) is 0 Å². The lowest BCUT2D eigenvalue weighted by Gasteiger charge is -2.07. The van der Waals surface area contributed by atoms with E-state index in [1.54, 1.807) is 11.3 Å². The maximum absolute atomic E-state index is 12.1. The molecule has 2 aromatic heterocycles. The van der Waals surface area contributed by atoms with Gasteiger partial charge in [0.25, 0.3) is 5.56 Å². The number of H-pyrrole nitrogens is 1. The van der Waals surface area contributed by atoms with Gasteiger partial charge in [-0.1, -0.05) is 30.9 Å². The number of nitrogens with one attached hydrogen (secondary N) is 1. The first-order valence-corrected chi connectivity index (χ1v) is 8.03. The van der Waals surface area contributed by atoms with Crippen molar-refractivity contribution in [2.24, 2.45) is 11.7 Å². The molecule has 0 saturated heterocycles. The molecule has 7 heteroatoms. The molecule has 2 rings (SSSR count). The molecule has 0 aliphatic heterocycles. The molecule has 3 N–H and O–H groups in total. The minimum absolute atomic E-state index is 0.0719. The topological polar surface area (TPSA) is 71.8 Å². The Morgan fingerprint density at radius 2 is 2.26 bits per heavy atom. The van der Waals surface area contributed by atoms with E-state index < -0.39 is 0 Å². The van der Waals surface area contributed by atoms with Crippen molar-refractivity contribution in [1.29, 1.82) is 0 Å². The Morgan fingerprint density at radius 1 is 1.58 bits per heavy atom. The number of thiocarbonyl (C=S) groups is 1. The number of thioether (sulfide) groups is 1. The summed E-state index contributed by atoms with van der Waals surface area (Å²) in [6, 6.07) is 0. The van der Waals surface area contributed by atoms with Crippen molar-refractivity contribution >= 4 is 50.5 Å². The van der Waals surface area contributed by atoms with E-state index in [4.69, 9.17) is 18.0 Å². The second-order valence-electron chi connectivity index (χ2n) is 4.45. The predicted molar refractivity (Wildman–Crippen MR) is 86.4 cm³/mol. The fraction of sp³-hybridized carbons (Fsp3) is 0.417. The molecular weight excluding hydrogens is 298 g/mol. The number of nitrogens with two attached hydrogens (primary N) is 1. The Hall–Kier alpha value is -0.920. The molecule has 0 aliphatic rings. The van der Waals surface area contributed by atoms with Gasteiger partial charge in [0, 0.05) is 16.5 Å². The van der Waals surface area contributed by atoms with E-state index in [2.05, 4.69) is 9.97 Å². The van der Waals surface area contributed by atoms with E-state index in [0.717, 1.165) is 15.3 Å². The molecule has 0 aliphatic carbocycles. The Morgan fingerprint density at radius 3 is 2.89 bits per heavy atom. The highest BCUT2D eigenvalue weighted by Gasteiger charge is 2.13. The molecule has 0 saturated carbocycles. The number of thiophene rings is 1. The van der Waals surface area contributed by atoms with Gasteiger partial charge in [0.15, 0.2) is 5.16 Å². The molecule has 0 bridgehead atoms. The number of aryl methyl sites for hydroxylation is 2. The molecule has 1 unspecified atom stereocenters. The zero-order chi connectivity index (χ0) is 14.2. The van der Waals surface area contributed by atoms with Gasteiger partial charge in [-0.25, -0.2) is 4.98 Å². The highest BCUT2D eigenvalue weighted by molar-refractivity contribution is 7.99. The SMILES string of the molecule is Cc1sc2nc(SCC(C)C(N)=S)[nH]c(=O)c2c1C. The van der Waals surface area contributed by atoms with Crippen LogP contribution < -0.4 is 11.3 Å². The molecular formula is C12H15N3OS3. The van der Waals surface area contributed by atoms with Gasteiger partial charge in [-0.05, 0) is 19.4 Å². The molecule has 102 valence electrons. The molecule has 0 radical (unpaired) electrons. The third kappa shape index (κ3) is 2.98. The quantitative estimate of drug-likeness (QED) is 0.516. The lowest BCUT2D eigenvalue weighted by atomic mass is 10.2. The predicted octanol–water partition coefficient (Wildman–Crippen LogP) is 2.62. The van der Waals surface area contributed by atoms with Crippen LogP contribution in [0.15, 0.2) is 9.95 Å². The van der Waals surface area contributed by atoms with Gasteiger partial charge in [0.05, 0.1) is 10.4 Å². The second-order valence-corrected chi connectivity index (χ2v) is 7.13. The van der Waals surface area contributed by atoms with Crippen LogP contribution in [0.4, 0.5) is 0 Å². The molecule has 19 heavy (non-hydrogen) atoms. The van der Waals surface area contributed by atoms with Gasteiger partial charge in [-0.2, -0.15) is 0 Å². The summed E-state index contributed by atoms with van der Waals surface area (Å²) in [6.07, 6.45) is 0. The fourth-order valence-electron chi connectivity index (χ4n) is 1.59. The van der Waals surface area contributed by atoms with Gasteiger partial charge < -0.3 is 10.7 Å². The van der Waals surface area contributed by atoms with Crippen molar-refractivity contribution in [3.8, 4) is 0 Å². The first kappa shape index (κ1) is 14.5. The van der Waals surface area contributed by atoms with Gasteiger partial charge >= 0.3 is 0 Å². The number of hydrogen-bond donors (Lipinski definition) is 2. The summed E-state index contributed by atoms with van der Waals surface area (Å²) in [5.74, 6) is 0.834. The largest absolute Gasteiger partial charge is 0.393 e. The van der Waals surface area contributed by atoms with Crippen molar-refractivity contribution in [1.82, 2.24) is 9.97 Å². The number of aromatic amines is 1. The van der Waals surface area contributed by atoms with E-state index in [0.29, 0.717) is 21.3 Å². The Labute approximate surface area is 124 Å². The summed E-state index contributed by atoms with van der Waals surface area (Å²) in [5, 5.41) is 1.33. The monoisotopic (exact) mass is 313 g/mol. The van der Waals surface area contributed by atoms with Crippen LogP contribution in [0.2, 0.25) is 0 Å². The smallest absolute Gasteiger partial charge is 0.260 e. The van der Waals surface area contributed by atoms with Gasteiger partial charge in [0.1, 0.15) is 4.83 Å². The first-order chi connectivity index (χ1) is 8.90. The zero-order valence-electron chi connectivity index (χ0n) is 10.9. The third-order valence-electron chi connectivity index (χ3n) is 2.97. The van der Waals surface area contributed by atoms with Crippen molar-refractivity contribution in [2.45, 2.75) is 25.9 Å². The number of hydrogen-bond acceptors (Lipinski definition) is 5. The van der Waals surface area contributed by atoms with Crippen LogP contribution in [0.25, 0.3) is 10.2 Å². The molecule has 2 heterocycles. The van der Waals surface area contributed by atoms with Crippen LogP contribution in [0.5, 0.6) is 0 Å². The lowest BCUT2D eigenvalue weighted by molar-refractivity contribution is 0.895. The number of rotatable bonds is 4. The normalized spacial score (nSPS) is 12.8. The van der Waals surface area contributed by atoms with Gasteiger partial charge in [-0.3, -0.25) is 4.79 Å². The van der Waals surface area contributed by atoms with Crippen molar-refractivity contribution < 1.29 is 0 Å². The molecule has 2 aromatic rings. The average Bonchev–Trinajstić information content (AvgIpc) is 2.62. The first-order valence-electron chi connectivity index (χ1n) is 5.82. The highest BCUT2D eigenvalue weighted by atomic mass is 32.2. The summed E-state index contributed by atoms with van der Waals surface area (Å²) in [7, 11) is 0. The minimum Gasteiger partial charge on any atom is -0.393 e. The van der Waals surface area contributed by atoms with Crippen LogP contribution in [0.3, 0.4) is 0 Å². The highest BCUT2D eigenvalue weighted by Crippen LogP contribution is 2.27. The summed E-state index contributed by atoms with van der Waals surface area (Å²) in [6.45, 7) is 5.92. The van der Waals surface area contributed by atoms with Gasteiger partial charge in [0.2, 0.25) is 0 Å². The van der Waals surface area contributed by atoms with E-state index in [9.17, 15) is 4.79 Å². The zero-order valence-corrected chi connectivity index (χ0v) is 13.4. The Bertz CT molecular complexity index is 689. The summed E-state index contributed by atoms with van der Waals surface area (Å²) in [4.78, 5) is 21.8. The van der Waals surface area contributed by atoms with E-state index in [1.165, 1.54) is 11.8 Å². The summed E-state index contributed by atoms with van der Waals surface area (Å²) in [5.41, 5.74) is 6.52. The second kappa shape index (κ2) is 5.60. The summed E-state index contributed by atoms with van der Waals surface area (Å²) < 4.78 is 0. The standard InChI is InChI=1S/C12H15N3OS3/c1-5(9(13)17)4-18-12-14-10(16)8-6(2)7(3)19-11(8)15-12/h5H,4H2,1-3H3,(H2,13,17)(H,14,15,16). The van der Waals surface area contributed by atoms with Crippen molar-refractivity contribution in [3.05, 3.63) is 20.8 Å².